The number of hydrogen-bond donors (Lipinski definition) is 1. The number of amides is 1. The van der Waals surface area contributed by atoms with Crippen LogP contribution in [-0.4, -0.2) is 25.2 Å². The lowest BCUT2D eigenvalue weighted by Gasteiger charge is -2.22. The molecule has 0 atom stereocenters. The van der Waals surface area contributed by atoms with Crippen molar-refractivity contribution in [1.82, 2.24) is 9.62 Å². The molecule has 0 aliphatic rings. The molecule has 0 heterocycles. The number of halogens is 2. The van der Waals surface area contributed by atoms with E-state index in [4.69, 9.17) is 23.2 Å². The van der Waals surface area contributed by atoms with Crippen LogP contribution in [0.15, 0.2) is 71.6 Å². The molecule has 32 heavy (non-hydrogen) atoms. The van der Waals surface area contributed by atoms with Crippen LogP contribution in [-0.2, 0) is 27.9 Å². The standard InChI is InChI=1S/C24H24Cl2N2O3S/c1-17-6-10-22(11-7-17)32(30,31)28(15-20-8-9-21(25)13-23(20)26)16-24(29)27-14-19-5-3-4-18(2)12-19/h3-13H,14-16H2,1-2H3,(H,27,29). The van der Waals surface area contributed by atoms with Gasteiger partial charge in [0.25, 0.3) is 0 Å². The Morgan fingerprint density at radius 1 is 0.938 bits per heavy atom. The highest BCUT2D eigenvalue weighted by molar-refractivity contribution is 7.89. The Labute approximate surface area is 199 Å². The average molecular weight is 491 g/mol. The van der Waals surface area contributed by atoms with Crippen molar-refractivity contribution in [2.75, 3.05) is 6.54 Å². The van der Waals surface area contributed by atoms with Crippen LogP contribution in [0.25, 0.3) is 0 Å². The monoisotopic (exact) mass is 490 g/mol. The summed E-state index contributed by atoms with van der Waals surface area (Å²) in [6.45, 7) is 3.74. The maximum atomic E-state index is 13.4. The fraction of sp³-hybridized carbons (Fsp3) is 0.208. The number of carbonyl (C=O) groups excluding carboxylic acids is 1. The van der Waals surface area contributed by atoms with Crippen LogP contribution in [0.4, 0.5) is 0 Å². The average Bonchev–Trinajstić information content (AvgIpc) is 2.74. The normalized spacial score (nSPS) is 11.5. The second-order valence-corrected chi connectivity index (χ2v) is 10.4. The molecule has 0 radical (unpaired) electrons. The zero-order chi connectivity index (χ0) is 23.3. The SMILES string of the molecule is Cc1ccc(S(=O)(=O)N(CC(=O)NCc2cccc(C)c2)Cc2ccc(Cl)cc2Cl)cc1. The lowest BCUT2D eigenvalue weighted by Crippen LogP contribution is -2.40. The first-order chi connectivity index (χ1) is 15.1. The van der Waals surface area contributed by atoms with Crippen LogP contribution < -0.4 is 5.32 Å². The fourth-order valence-electron chi connectivity index (χ4n) is 3.16. The molecular formula is C24H24Cl2N2O3S. The highest BCUT2D eigenvalue weighted by Crippen LogP contribution is 2.25. The van der Waals surface area contributed by atoms with E-state index in [-0.39, 0.29) is 18.0 Å². The first-order valence-corrected chi connectivity index (χ1v) is 12.2. The highest BCUT2D eigenvalue weighted by Gasteiger charge is 2.27. The number of aryl methyl sites for hydroxylation is 2. The number of nitrogens with one attached hydrogen (secondary N) is 1. The van der Waals surface area contributed by atoms with Crippen molar-refractivity contribution in [3.63, 3.8) is 0 Å². The summed E-state index contributed by atoms with van der Waals surface area (Å²) < 4.78 is 27.8. The molecule has 168 valence electrons. The first kappa shape index (κ1) is 24.3. The third-order valence-corrected chi connectivity index (χ3v) is 7.31. The largest absolute Gasteiger partial charge is 0.351 e. The molecule has 0 fully saturated rings. The summed E-state index contributed by atoms with van der Waals surface area (Å²) >= 11 is 12.2. The van der Waals surface area contributed by atoms with E-state index in [9.17, 15) is 13.2 Å². The molecule has 0 saturated heterocycles. The third-order valence-electron chi connectivity index (χ3n) is 4.91. The molecule has 3 aromatic rings. The first-order valence-electron chi connectivity index (χ1n) is 9.98. The van der Waals surface area contributed by atoms with Crippen LogP contribution in [0.5, 0.6) is 0 Å². The summed E-state index contributed by atoms with van der Waals surface area (Å²) in [7, 11) is -3.95. The van der Waals surface area contributed by atoms with Crippen molar-refractivity contribution in [2.45, 2.75) is 31.8 Å². The number of rotatable bonds is 8. The number of carbonyl (C=O) groups is 1. The number of benzene rings is 3. The van der Waals surface area contributed by atoms with Gasteiger partial charge in [0.2, 0.25) is 15.9 Å². The molecule has 0 unspecified atom stereocenters. The Kier molecular flexibility index (Phi) is 7.96. The van der Waals surface area contributed by atoms with Crippen molar-refractivity contribution in [3.8, 4) is 0 Å². The molecule has 1 N–H and O–H groups in total. The molecule has 3 aromatic carbocycles. The van der Waals surface area contributed by atoms with E-state index in [0.29, 0.717) is 22.2 Å². The minimum absolute atomic E-state index is 0.0654. The Morgan fingerprint density at radius 2 is 1.66 bits per heavy atom. The van der Waals surface area contributed by atoms with E-state index in [1.807, 2.05) is 38.1 Å². The van der Waals surface area contributed by atoms with Gasteiger partial charge in [-0.15, -0.1) is 0 Å². The van der Waals surface area contributed by atoms with Crippen molar-refractivity contribution < 1.29 is 13.2 Å². The van der Waals surface area contributed by atoms with Gasteiger partial charge in [0.05, 0.1) is 11.4 Å². The molecule has 3 rings (SSSR count). The minimum atomic E-state index is -3.95. The third kappa shape index (κ3) is 6.33. The summed E-state index contributed by atoms with van der Waals surface area (Å²) in [6, 6.07) is 19.1. The molecule has 0 bridgehead atoms. The van der Waals surface area contributed by atoms with Gasteiger partial charge >= 0.3 is 0 Å². The van der Waals surface area contributed by atoms with Crippen LogP contribution in [0.1, 0.15) is 22.3 Å². The van der Waals surface area contributed by atoms with Gasteiger partial charge in [-0.2, -0.15) is 4.31 Å². The maximum absolute atomic E-state index is 13.4. The van der Waals surface area contributed by atoms with E-state index >= 15 is 0 Å². The Morgan fingerprint density at radius 3 is 2.31 bits per heavy atom. The van der Waals surface area contributed by atoms with E-state index < -0.39 is 15.9 Å². The number of sulfonamides is 1. The Bertz CT molecular complexity index is 1210. The molecule has 0 aliphatic carbocycles. The van der Waals surface area contributed by atoms with Crippen LogP contribution >= 0.6 is 23.2 Å². The summed E-state index contributed by atoms with van der Waals surface area (Å²) in [5, 5.41) is 3.58. The second-order valence-electron chi connectivity index (χ2n) is 7.59. The summed E-state index contributed by atoms with van der Waals surface area (Å²) in [5.41, 5.74) is 3.51. The van der Waals surface area contributed by atoms with Crippen LogP contribution in [0.3, 0.4) is 0 Å². The predicted molar refractivity (Wildman–Crippen MR) is 128 cm³/mol. The molecule has 1 amide bonds. The molecule has 0 aromatic heterocycles. The Hall–Kier alpha value is -2.38. The van der Waals surface area contributed by atoms with Gasteiger partial charge < -0.3 is 5.32 Å². The summed E-state index contributed by atoms with van der Waals surface area (Å²) in [4.78, 5) is 12.8. The molecular weight excluding hydrogens is 467 g/mol. The molecule has 0 spiro atoms. The zero-order valence-electron chi connectivity index (χ0n) is 17.8. The van der Waals surface area contributed by atoms with E-state index in [0.717, 1.165) is 21.0 Å². The van der Waals surface area contributed by atoms with Gasteiger partial charge in [0, 0.05) is 23.1 Å². The highest BCUT2D eigenvalue weighted by atomic mass is 35.5. The van der Waals surface area contributed by atoms with Gasteiger partial charge in [-0.05, 0) is 49.2 Å². The predicted octanol–water partition coefficient (Wildman–Crippen LogP) is 5.12. The van der Waals surface area contributed by atoms with Gasteiger partial charge in [-0.25, -0.2) is 8.42 Å². The second kappa shape index (κ2) is 10.5. The number of nitrogens with zero attached hydrogens (tertiary/aromatic N) is 1. The summed E-state index contributed by atoms with van der Waals surface area (Å²) in [6.07, 6.45) is 0. The zero-order valence-corrected chi connectivity index (χ0v) is 20.1. The van der Waals surface area contributed by atoms with E-state index in [1.165, 1.54) is 12.1 Å². The van der Waals surface area contributed by atoms with Crippen molar-refractivity contribution in [1.29, 1.82) is 0 Å². The number of hydrogen-bond acceptors (Lipinski definition) is 3. The smallest absolute Gasteiger partial charge is 0.243 e. The van der Waals surface area contributed by atoms with E-state index in [1.54, 1.807) is 30.3 Å². The quantitative estimate of drug-likeness (QED) is 0.476. The molecule has 8 heteroatoms. The molecule has 0 saturated carbocycles. The summed E-state index contributed by atoms with van der Waals surface area (Å²) in [5.74, 6) is -0.410. The van der Waals surface area contributed by atoms with Crippen molar-refractivity contribution in [2.24, 2.45) is 0 Å². The molecule has 5 nitrogen and oxygen atoms in total. The maximum Gasteiger partial charge on any atom is 0.243 e. The van der Waals surface area contributed by atoms with Gasteiger partial charge in [-0.3, -0.25) is 4.79 Å². The van der Waals surface area contributed by atoms with Crippen LogP contribution in [0, 0.1) is 13.8 Å². The minimum Gasteiger partial charge on any atom is -0.351 e. The van der Waals surface area contributed by atoms with Crippen molar-refractivity contribution in [3.05, 3.63) is 99.0 Å². The Balaban J connectivity index is 1.83. The fourth-order valence-corrected chi connectivity index (χ4v) is 5.01. The van der Waals surface area contributed by atoms with Crippen molar-refractivity contribution >= 4 is 39.1 Å². The van der Waals surface area contributed by atoms with Gasteiger partial charge in [0.1, 0.15) is 0 Å². The lowest BCUT2D eigenvalue weighted by atomic mass is 10.1. The van der Waals surface area contributed by atoms with Gasteiger partial charge in [0.15, 0.2) is 0 Å². The topological polar surface area (TPSA) is 66.5 Å². The lowest BCUT2D eigenvalue weighted by molar-refractivity contribution is -0.121. The van der Waals surface area contributed by atoms with E-state index in [2.05, 4.69) is 5.32 Å². The molecule has 0 aliphatic heterocycles. The van der Waals surface area contributed by atoms with Gasteiger partial charge in [-0.1, -0.05) is 76.8 Å². The van der Waals surface area contributed by atoms with Crippen LogP contribution in [0.2, 0.25) is 10.0 Å².